The number of rotatable bonds is 7. The fourth-order valence-electron chi connectivity index (χ4n) is 4.06. The number of nitro benzene ring substituents is 1. The first-order chi connectivity index (χ1) is 15.6. The molecule has 1 aliphatic heterocycles. The number of nitrogens with one attached hydrogen (secondary N) is 2. The van der Waals surface area contributed by atoms with Crippen LogP contribution in [0.25, 0.3) is 0 Å². The normalized spacial score (nSPS) is 15.8. The highest BCUT2D eigenvalue weighted by molar-refractivity contribution is 5.97. The van der Waals surface area contributed by atoms with E-state index >= 15 is 0 Å². The molecule has 0 aliphatic carbocycles. The van der Waals surface area contributed by atoms with Crippen molar-refractivity contribution in [3.63, 3.8) is 0 Å². The summed E-state index contributed by atoms with van der Waals surface area (Å²) >= 11 is 0. The number of hydrogen-bond donors (Lipinski definition) is 2. The van der Waals surface area contributed by atoms with Gasteiger partial charge in [-0.25, -0.2) is 0 Å². The lowest BCUT2D eigenvalue weighted by Crippen LogP contribution is -2.47. The summed E-state index contributed by atoms with van der Waals surface area (Å²) in [5.74, 6) is -0.0620. The summed E-state index contributed by atoms with van der Waals surface area (Å²) in [6.07, 6.45) is 2.68. The first-order valence-corrected chi connectivity index (χ1v) is 10.8. The predicted molar refractivity (Wildman–Crippen MR) is 127 cm³/mol. The van der Waals surface area contributed by atoms with Crippen molar-refractivity contribution in [2.45, 2.75) is 31.8 Å². The van der Waals surface area contributed by atoms with Crippen molar-refractivity contribution in [3.8, 4) is 0 Å². The molecule has 3 aromatic carbocycles. The lowest BCUT2D eigenvalue weighted by molar-refractivity contribution is -0.384. The molecule has 0 radical (unpaired) electrons. The highest BCUT2D eigenvalue weighted by Gasteiger charge is 2.30. The van der Waals surface area contributed by atoms with E-state index in [1.54, 1.807) is 12.1 Å². The first kappa shape index (κ1) is 21.4. The van der Waals surface area contributed by atoms with E-state index < -0.39 is 0 Å². The van der Waals surface area contributed by atoms with Crippen LogP contribution in [0.4, 0.5) is 22.7 Å². The van der Waals surface area contributed by atoms with E-state index in [4.69, 9.17) is 0 Å². The molecule has 2 N–H and O–H groups in total. The summed E-state index contributed by atoms with van der Waals surface area (Å²) in [5.41, 5.74) is 3.07. The van der Waals surface area contributed by atoms with Gasteiger partial charge >= 0.3 is 0 Å². The fraction of sp³-hybridized carbons (Fsp3) is 0.240. The van der Waals surface area contributed by atoms with Crippen LogP contribution >= 0.6 is 0 Å². The second-order valence-electron chi connectivity index (χ2n) is 7.86. The molecule has 4 rings (SSSR count). The average Bonchev–Trinajstić information content (AvgIpc) is 2.83. The Labute approximate surface area is 187 Å². The molecule has 7 heteroatoms. The van der Waals surface area contributed by atoms with E-state index in [2.05, 4.69) is 15.5 Å². The fourth-order valence-corrected chi connectivity index (χ4v) is 4.06. The van der Waals surface area contributed by atoms with Crippen molar-refractivity contribution < 1.29 is 9.72 Å². The van der Waals surface area contributed by atoms with Gasteiger partial charge in [0, 0.05) is 30.5 Å². The second kappa shape index (κ2) is 9.96. The number of anilines is 3. The van der Waals surface area contributed by atoms with Crippen molar-refractivity contribution in [2.24, 2.45) is 0 Å². The molecule has 7 nitrogen and oxygen atoms in total. The van der Waals surface area contributed by atoms with Crippen LogP contribution in [0, 0.1) is 10.1 Å². The van der Waals surface area contributed by atoms with E-state index in [9.17, 15) is 14.9 Å². The molecule has 164 valence electrons. The highest BCUT2D eigenvalue weighted by atomic mass is 16.6. The van der Waals surface area contributed by atoms with Crippen LogP contribution in [0.15, 0.2) is 78.9 Å². The van der Waals surface area contributed by atoms with E-state index in [-0.39, 0.29) is 22.6 Å². The Kier molecular flexibility index (Phi) is 6.65. The number of nitro groups is 1. The number of carbonyl (C=O) groups excluding carboxylic acids is 1. The van der Waals surface area contributed by atoms with Crippen LogP contribution in [0.3, 0.4) is 0 Å². The zero-order valence-electron chi connectivity index (χ0n) is 17.7. The van der Waals surface area contributed by atoms with Gasteiger partial charge in [-0.3, -0.25) is 14.9 Å². The molecule has 3 aromatic rings. The SMILES string of the molecule is O=C(Nc1ccccc1)C1CCCCN1c1ccc([N+](=O)[O-])c(NCc2ccccc2)c1. The molecule has 1 heterocycles. The molecule has 32 heavy (non-hydrogen) atoms. The van der Waals surface area contributed by atoms with Crippen molar-refractivity contribution in [2.75, 3.05) is 22.1 Å². The van der Waals surface area contributed by atoms with E-state index in [0.717, 1.165) is 42.7 Å². The van der Waals surface area contributed by atoms with Gasteiger partial charge in [-0.05, 0) is 49.1 Å². The Morgan fingerprint density at radius 1 is 1.00 bits per heavy atom. The van der Waals surface area contributed by atoms with Gasteiger partial charge in [0.2, 0.25) is 5.91 Å². The van der Waals surface area contributed by atoms with Gasteiger partial charge in [-0.1, -0.05) is 48.5 Å². The maximum atomic E-state index is 13.0. The van der Waals surface area contributed by atoms with Crippen molar-refractivity contribution in [1.29, 1.82) is 0 Å². The Balaban J connectivity index is 1.57. The lowest BCUT2D eigenvalue weighted by atomic mass is 10.00. The quantitative estimate of drug-likeness (QED) is 0.397. The zero-order chi connectivity index (χ0) is 22.3. The molecular weight excluding hydrogens is 404 g/mol. The summed E-state index contributed by atoms with van der Waals surface area (Å²) in [5, 5.41) is 17.8. The van der Waals surface area contributed by atoms with Crippen LogP contribution in [0.5, 0.6) is 0 Å². The number of carbonyl (C=O) groups is 1. The number of amides is 1. The largest absolute Gasteiger partial charge is 0.375 e. The topological polar surface area (TPSA) is 87.5 Å². The van der Waals surface area contributed by atoms with E-state index in [1.165, 1.54) is 6.07 Å². The first-order valence-electron chi connectivity index (χ1n) is 10.8. The molecule has 1 saturated heterocycles. The molecule has 0 aromatic heterocycles. The molecular formula is C25H26N4O3. The van der Waals surface area contributed by atoms with Crippen LogP contribution in [0.1, 0.15) is 24.8 Å². The van der Waals surface area contributed by atoms with Gasteiger partial charge in [-0.2, -0.15) is 0 Å². The van der Waals surface area contributed by atoms with Gasteiger partial charge in [0.1, 0.15) is 11.7 Å². The molecule has 1 aliphatic rings. The molecule has 0 spiro atoms. The number of piperidine rings is 1. The van der Waals surface area contributed by atoms with Crippen LogP contribution in [0.2, 0.25) is 0 Å². The van der Waals surface area contributed by atoms with Crippen molar-refractivity contribution in [3.05, 3.63) is 94.5 Å². The molecule has 0 saturated carbocycles. The van der Waals surface area contributed by atoms with Gasteiger partial charge in [0.05, 0.1) is 4.92 Å². The van der Waals surface area contributed by atoms with Crippen LogP contribution in [-0.2, 0) is 11.3 Å². The molecule has 1 atom stereocenters. The number of para-hydroxylation sites is 1. The number of nitrogens with zero attached hydrogens (tertiary/aromatic N) is 2. The Morgan fingerprint density at radius 2 is 1.72 bits per heavy atom. The summed E-state index contributed by atoms with van der Waals surface area (Å²) in [6, 6.07) is 23.9. The van der Waals surface area contributed by atoms with Gasteiger partial charge in [0.25, 0.3) is 5.69 Å². The third-order valence-electron chi connectivity index (χ3n) is 5.68. The molecule has 1 fully saturated rings. The number of benzene rings is 3. The second-order valence-corrected chi connectivity index (χ2v) is 7.86. The zero-order valence-corrected chi connectivity index (χ0v) is 17.7. The standard InChI is InChI=1S/C25H26N4O3/c30-25(27-20-11-5-2-6-12-20)24-13-7-8-16-28(24)21-14-15-23(29(31)32)22(17-21)26-18-19-9-3-1-4-10-19/h1-6,9-12,14-15,17,24,26H,7-8,13,16,18H2,(H,27,30). The summed E-state index contributed by atoms with van der Waals surface area (Å²) < 4.78 is 0. The minimum Gasteiger partial charge on any atom is -0.375 e. The third-order valence-corrected chi connectivity index (χ3v) is 5.68. The summed E-state index contributed by atoms with van der Waals surface area (Å²) in [6.45, 7) is 1.20. The predicted octanol–water partition coefficient (Wildman–Crippen LogP) is 5.20. The van der Waals surface area contributed by atoms with Crippen LogP contribution < -0.4 is 15.5 Å². The highest BCUT2D eigenvalue weighted by Crippen LogP contribution is 2.33. The summed E-state index contributed by atoms with van der Waals surface area (Å²) in [7, 11) is 0. The van der Waals surface area contributed by atoms with E-state index in [0.29, 0.717) is 12.2 Å². The van der Waals surface area contributed by atoms with Gasteiger partial charge in [-0.15, -0.1) is 0 Å². The van der Waals surface area contributed by atoms with Crippen molar-refractivity contribution in [1.82, 2.24) is 0 Å². The Bertz CT molecular complexity index is 1070. The summed E-state index contributed by atoms with van der Waals surface area (Å²) in [4.78, 5) is 26.3. The minimum absolute atomic E-state index is 0.0203. The minimum atomic E-state index is -0.382. The maximum absolute atomic E-state index is 13.0. The third kappa shape index (κ3) is 5.06. The number of hydrogen-bond acceptors (Lipinski definition) is 5. The van der Waals surface area contributed by atoms with Gasteiger partial charge < -0.3 is 15.5 Å². The molecule has 1 amide bonds. The maximum Gasteiger partial charge on any atom is 0.292 e. The van der Waals surface area contributed by atoms with E-state index in [1.807, 2.05) is 60.7 Å². The van der Waals surface area contributed by atoms with Crippen LogP contribution in [-0.4, -0.2) is 23.4 Å². The average molecular weight is 431 g/mol. The monoisotopic (exact) mass is 430 g/mol. The van der Waals surface area contributed by atoms with Gasteiger partial charge in [0.15, 0.2) is 0 Å². The molecule has 0 bridgehead atoms. The van der Waals surface area contributed by atoms with Crippen molar-refractivity contribution >= 4 is 28.7 Å². The Hall–Kier alpha value is -3.87. The smallest absolute Gasteiger partial charge is 0.292 e. The molecule has 1 unspecified atom stereocenters. The Morgan fingerprint density at radius 3 is 2.44 bits per heavy atom. The lowest BCUT2D eigenvalue weighted by Gasteiger charge is -2.36.